The minimum Gasteiger partial charge on any atom is -0.527 e. The van der Waals surface area contributed by atoms with Crippen molar-refractivity contribution in [3.05, 3.63) is 46.4 Å². The van der Waals surface area contributed by atoms with Gasteiger partial charge < -0.3 is 19.5 Å². The Kier molecular flexibility index (Phi) is 4.29. The van der Waals surface area contributed by atoms with Crippen molar-refractivity contribution in [2.75, 3.05) is 0 Å². The summed E-state index contributed by atoms with van der Waals surface area (Å²) in [5, 5.41) is 19.3. The summed E-state index contributed by atoms with van der Waals surface area (Å²) in [6.07, 6.45) is 0. The Balaban J connectivity index is 2.00. The first-order chi connectivity index (χ1) is 9.06. The van der Waals surface area contributed by atoms with Gasteiger partial charge in [-0.3, -0.25) is 0 Å². The lowest BCUT2D eigenvalue weighted by Crippen LogP contribution is -2.11. The zero-order valence-electron chi connectivity index (χ0n) is 9.64. The van der Waals surface area contributed by atoms with Crippen LogP contribution in [0.1, 0.15) is 0 Å². The molecule has 0 radical (unpaired) electrons. The van der Waals surface area contributed by atoms with Crippen molar-refractivity contribution in [2.24, 2.45) is 0 Å². The van der Waals surface area contributed by atoms with Crippen LogP contribution in [0.5, 0.6) is 23.0 Å². The summed E-state index contributed by atoms with van der Waals surface area (Å²) in [5.74, 6) is 0.653. The van der Waals surface area contributed by atoms with E-state index in [1.807, 2.05) is 0 Å². The third-order valence-electron chi connectivity index (χ3n) is 2.26. The summed E-state index contributed by atoms with van der Waals surface area (Å²) in [5.41, 5.74) is 0. The molecule has 4 nitrogen and oxygen atoms in total. The molecule has 0 unspecified atom stereocenters. The smallest absolute Gasteiger partial charge is 0.527 e. The van der Waals surface area contributed by atoms with Crippen LogP contribution in [0.25, 0.3) is 0 Å². The molecule has 2 aromatic carbocycles. The molecule has 98 valence electrons. The second kappa shape index (κ2) is 5.95. The minimum atomic E-state index is -0.160. The van der Waals surface area contributed by atoms with Gasteiger partial charge in [0.15, 0.2) is 0 Å². The Bertz CT molecular complexity index is 540. The van der Waals surface area contributed by atoms with E-state index in [0.717, 1.165) is 0 Å². The van der Waals surface area contributed by atoms with Crippen molar-refractivity contribution in [3.8, 4) is 23.0 Å². The number of phenolic OH excluding ortho intramolecular Hbond substituents is 2. The molecule has 19 heavy (non-hydrogen) atoms. The van der Waals surface area contributed by atoms with Crippen molar-refractivity contribution in [3.63, 3.8) is 0 Å². The summed E-state index contributed by atoms with van der Waals surface area (Å²) in [4.78, 5) is 0. The first kappa shape index (κ1) is 13.7. The summed E-state index contributed by atoms with van der Waals surface area (Å²) >= 11 is 11.8. The Morgan fingerprint density at radius 2 is 1.21 bits per heavy atom. The molecule has 0 fully saturated rings. The van der Waals surface area contributed by atoms with E-state index in [-0.39, 0.29) is 30.7 Å². The first-order valence-corrected chi connectivity index (χ1v) is 6.04. The molecule has 0 aliphatic carbocycles. The largest absolute Gasteiger partial charge is 0.576 e. The van der Waals surface area contributed by atoms with E-state index in [0.29, 0.717) is 10.0 Å². The Morgan fingerprint density at radius 1 is 0.789 bits per heavy atom. The Hall–Kier alpha value is -1.72. The third kappa shape index (κ3) is 3.62. The number of halogens is 2. The molecule has 0 aliphatic heterocycles. The van der Waals surface area contributed by atoms with E-state index in [4.69, 9.17) is 32.5 Å². The Labute approximate surface area is 120 Å². The SMILES string of the molecule is Oc1ccc(Cl)c(OBOc2cc(O)ccc2Cl)c1. The summed E-state index contributed by atoms with van der Waals surface area (Å²) < 4.78 is 10.5. The maximum absolute atomic E-state index is 9.30. The Morgan fingerprint density at radius 3 is 1.63 bits per heavy atom. The van der Waals surface area contributed by atoms with Gasteiger partial charge in [-0.1, -0.05) is 23.2 Å². The van der Waals surface area contributed by atoms with Crippen molar-refractivity contribution in [1.29, 1.82) is 0 Å². The molecule has 0 saturated heterocycles. The van der Waals surface area contributed by atoms with Crippen LogP contribution < -0.4 is 9.31 Å². The van der Waals surface area contributed by atoms with Crippen molar-refractivity contribution < 1.29 is 19.5 Å². The minimum absolute atomic E-state index is 0.0368. The molecule has 0 spiro atoms. The number of hydrogen-bond donors (Lipinski definition) is 2. The average molecular weight is 299 g/mol. The zero-order valence-corrected chi connectivity index (χ0v) is 11.1. The lowest BCUT2D eigenvalue weighted by Gasteiger charge is -2.10. The van der Waals surface area contributed by atoms with E-state index in [9.17, 15) is 10.2 Å². The number of hydrogen-bond acceptors (Lipinski definition) is 4. The number of phenols is 2. The number of aromatic hydroxyl groups is 2. The highest BCUT2D eigenvalue weighted by atomic mass is 35.5. The molecule has 2 aromatic rings. The summed E-state index contributed by atoms with van der Waals surface area (Å²) in [6, 6.07) is 8.65. The molecule has 0 atom stereocenters. The topological polar surface area (TPSA) is 58.9 Å². The van der Waals surface area contributed by atoms with E-state index in [1.165, 1.54) is 36.4 Å². The first-order valence-electron chi connectivity index (χ1n) is 5.29. The second-order valence-corrected chi connectivity index (χ2v) is 4.45. The van der Waals surface area contributed by atoms with Crippen LogP contribution in [0.15, 0.2) is 36.4 Å². The molecule has 0 aromatic heterocycles. The number of benzene rings is 2. The molecule has 2 rings (SSSR count). The van der Waals surface area contributed by atoms with E-state index >= 15 is 0 Å². The van der Waals surface area contributed by atoms with E-state index in [2.05, 4.69) is 0 Å². The molecular formula is C12H9BCl2O4. The monoisotopic (exact) mass is 298 g/mol. The highest BCUT2D eigenvalue weighted by Crippen LogP contribution is 2.30. The van der Waals surface area contributed by atoms with Crippen molar-refractivity contribution in [2.45, 2.75) is 0 Å². The van der Waals surface area contributed by atoms with Crippen molar-refractivity contribution >= 4 is 30.9 Å². The zero-order chi connectivity index (χ0) is 13.8. The van der Waals surface area contributed by atoms with Gasteiger partial charge in [0.1, 0.15) is 23.0 Å². The van der Waals surface area contributed by atoms with Gasteiger partial charge in [-0.25, -0.2) is 0 Å². The number of rotatable bonds is 4. The predicted octanol–water partition coefficient (Wildman–Crippen LogP) is 3.13. The standard InChI is InChI=1S/C12H9BCl2O4/c14-9-3-1-7(16)5-11(9)18-13-19-12-6-8(17)2-4-10(12)15/h1-6,13,16-17H. The van der Waals surface area contributed by atoms with Crippen LogP contribution in [0.2, 0.25) is 10.0 Å². The molecular weight excluding hydrogens is 290 g/mol. The van der Waals surface area contributed by atoms with E-state index < -0.39 is 0 Å². The van der Waals surface area contributed by atoms with Gasteiger partial charge in [0.2, 0.25) is 0 Å². The van der Waals surface area contributed by atoms with Crippen molar-refractivity contribution in [1.82, 2.24) is 0 Å². The van der Waals surface area contributed by atoms with Crippen LogP contribution >= 0.6 is 23.2 Å². The molecule has 0 heterocycles. The highest BCUT2D eigenvalue weighted by Gasteiger charge is 2.08. The van der Waals surface area contributed by atoms with E-state index in [1.54, 1.807) is 0 Å². The molecule has 0 bridgehead atoms. The van der Waals surface area contributed by atoms with Gasteiger partial charge in [-0.05, 0) is 24.3 Å². The molecule has 2 N–H and O–H groups in total. The van der Waals surface area contributed by atoms with Crippen LogP contribution in [0, 0.1) is 0 Å². The summed E-state index contributed by atoms with van der Waals surface area (Å²) in [7, 11) is -0.160. The van der Waals surface area contributed by atoms with Gasteiger partial charge in [0, 0.05) is 12.1 Å². The molecule has 0 aliphatic rings. The fourth-order valence-corrected chi connectivity index (χ4v) is 1.71. The lowest BCUT2D eigenvalue weighted by molar-refractivity contribution is 0.443. The van der Waals surface area contributed by atoms with Crippen LogP contribution in [0.3, 0.4) is 0 Å². The van der Waals surface area contributed by atoms with Crippen LogP contribution in [-0.4, -0.2) is 17.9 Å². The normalized spacial score (nSPS) is 10.0. The quantitative estimate of drug-likeness (QED) is 0.852. The molecule has 0 saturated carbocycles. The lowest BCUT2D eigenvalue weighted by atomic mass is 10.2. The fraction of sp³-hybridized carbons (Fsp3) is 0. The molecule has 7 heteroatoms. The van der Waals surface area contributed by atoms with Gasteiger partial charge in [-0.15, -0.1) is 0 Å². The van der Waals surface area contributed by atoms with Gasteiger partial charge in [-0.2, -0.15) is 0 Å². The van der Waals surface area contributed by atoms with Crippen LogP contribution in [0.4, 0.5) is 0 Å². The predicted molar refractivity (Wildman–Crippen MR) is 74.6 cm³/mol. The maximum atomic E-state index is 9.30. The van der Waals surface area contributed by atoms with Gasteiger partial charge >= 0.3 is 7.69 Å². The third-order valence-corrected chi connectivity index (χ3v) is 2.88. The van der Waals surface area contributed by atoms with Gasteiger partial charge in [0.25, 0.3) is 0 Å². The second-order valence-electron chi connectivity index (χ2n) is 3.64. The van der Waals surface area contributed by atoms with Crippen LogP contribution in [-0.2, 0) is 0 Å². The molecule has 0 amide bonds. The highest BCUT2D eigenvalue weighted by molar-refractivity contribution is 6.33. The maximum Gasteiger partial charge on any atom is 0.576 e. The van der Waals surface area contributed by atoms with Gasteiger partial charge in [0.05, 0.1) is 10.0 Å². The average Bonchev–Trinajstić information content (AvgIpc) is 2.38. The summed E-state index contributed by atoms with van der Waals surface area (Å²) in [6.45, 7) is 0. The fourth-order valence-electron chi connectivity index (χ4n) is 1.36.